The van der Waals surface area contributed by atoms with Gasteiger partial charge < -0.3 is 19.9 Å². The van der Waals surface area contributed by atoms with E-state index in [1.54, 1.807) is 28.5 Å². The number of carbonyl (C=O) groups excluding carboxylic acids is 2. The van der Waals surface area contributed by atoms with Crippen LogP contribution >= 0.6 is 0 Å². The Labute approximate surface area is 178 Å². The molecule has 3 aliphatic rings. The van der Waals surface area contributed by atoms with E-state index >= 15 is 0 Å². The monoisotopic (exact) mass is 425 g/mol. The van der Waals surface area contributed by atoms with Crippen molar-refractivity contribution in [3.05, 3.63) is 62.3 Å². The molecule has 1 fully saturated rings. The third-order valence-corrected chi connectivity index (χ3v) is 6.92. The van der Waals surface area contributed by atoms with Crippen molar-refractivity contribution in [1.29, 1.82) is 0 Å². The predicted molar refractivity (Wildman–Crippen MR) is 111 cm³/mol. The predicted octanol–water partition coefficient (Wildman–Crippen LogP) is 2.21. The van der Waals surface area contributed by atoms with E-state index in [9.17, 15) is 23.9 Å². The summed E-state index contributed by atoms with van der Waals surface area (Å²) in [6.07, 6.45) is 3.82. The number of nitrogens with zero attached hydrogens (tertiary/aromatic N) is 2. The van der Waals surface area contributed by atoms with Crippen molar-refractivity contribution in [2.45, 2.75) is 51.1 Å². The molecule has 0 saturated carbocycles. The molecule has 0 radical (unpaired) electrons. The van der Waals surface area contributed by atoms with Gasteiger partial charge in [-0.15, -0.1) is 0 Å². The standard InChI is InChI=1S/C23H24FN3O4/c1-13-4-5-14(15(24)10-13)11-25-21(30)17-16-6-8-23-7-2-3-9-26(12-23)22(31)18(27(16)23)20(29)19(17)28/h4-5,10,29H,2-3,6-9,11-12H2,1H3,(H,25,30)/t23-/m1/s1. The van der Waals surface area contributed by atoms with Crippen molar-refractivity contribution < 1.29 is 19.1 Å². The van der Waals surface area contributed by atoms with Crippen LogP contribution in [0.25, 0.3) is 0 Å². The minimum atomic E-state index is -0.839. The summed E-state index contributed by atoms with van der Waals surface area (Å²) in [7, 11) is 0. The van der Waals surface area contributed by atoms with Gasteiger partial charge in [-0.1, -0.05) is 12.1 Å². The van der Waals surface area contributed by atoms with Crippen LogP contribution in [0.5, 0.6) is 5.75 Å². The third kappa shape index (κ3) is 2.88. The van der Waals surface area contributed by atoms with E-state index in [1.807, 2.05) is 0 Å². The molecule has 7 nitrogen and oxygen atoms in total. The number of halogens is 1. The van der Waals surface area contributed by atoms with Crippen molar-refractivity contribution in [3.63, 3.8) is 0 Å². The fourth-order valence-electron chi connectivity index (χ4n) is 5.40. The fourth-order valence-corrected chi connectivity index (χ4v) is 5.40. The van der Waals surface area contributed by atoms with Crippen molar-refractivity contribution in [2.24, 2.45) is 0 Å². The number of benzene rings is 1. The average Bonchev–Trinajstić information content (AvgIpc) is 2.97. The zero-order valence-electron chi connectivity index (χ0n) is 17.3. The Hall–Kier alpha value is -3.16. The Kier molecular flexibility index (Phi) is 4.42. The molecular formula is C23H24FN3O4. The number of pyridine rings is 1. The van der Waals surface area contributed by atoms with Crippen LogP contribution in [0.2, 0.25) is 0 Å². The van der Waals surface area contributed by atoms with Gasteiger partial charge in [-0.2, -0.15) is 0 Å². The summed E-state index contributed by atoms with van der Waals surface area (Å²) in [4.78, 5) is 40.7. The quantitative estimate of drug-likeness (QED) is 0.789. The molecule has 1 saturated heterocycles. The Balaban J connectivity index is 1.57. The number of aromatic hydroxyl groups is 1. The van der Waals surface area contributed by atoms with Crippen LogP contribution in [-0.4, -0.2) is 39.5 Å². The van der Waals surface area contributed by atoms with Gasteiger partial charge in [-0.3, -0.25) is 14.4 Å². The van der Waals surface area contributed by atoms with Gasteiger partial charge in [0.2, 0.25) is 5.43 Å². The zero-order chi connectivity index (χ0) is 21.9. The summed E-state index contributed by atoms with van der Waals surface area (Å²) in [5.41, 5.74) is 0.207. The molecule has 3 aliphatic heterocycles. The Bertz CT molecular complexity index is 1190. The first-order chi connectivity index (χ1) is 14.8. The number of rotatable bonds is 3. The molecule has 1 aromatic carbocycles. The van der Waals surface area contributed by atoms with E-state index in [-0.39, 0.29) is 23.7 Å². The summed E-state index contributed by atoms with van der Waals surface area (Å²) in [5.74, 6) is -2.12. The number of nitrogens with one attached hydrogen (secondary N) is 1. The molecule has 2 amide bonds. The number of aryl methyl sites for hydroxylation is 1. The average molecular weight is 425 g/mol. The molecule has 0 unspecified atom stereocenters. The van der Waals surface area contributed by atoms with E-state index in [0.29, 0.717) is 37.2 Å². The molecule has 5 rings (SSSR count). The van der Waals surface area contributed by atoms with Crippen LogP contribution in [-0.2, 0) is 18.5 Å². The van der Waals surface area contributed by atoms with Crippen molar-refractivity contribution in [3.8, 4) is 5.75 Å². The Morgan fingerprint density at radius 3 is 2.84 bits per heavy atom. The van der Waals surface area contributed by atoms with Gasteiger partial charge in [0.25, 0.3) is 11.8 Å². The van der Waals surface area contributed by atoms with Gasteiger partial charge in [-0.05, 0) is 50.7 Å². The molecule has 1 atom stereocenters. The highest BCUT2D eigenvalue weighted by molar-refractivity contribution is 6.00. The van der Waals surface area contributed by atoms with Crippen molar-refractivity contribution >= 4 is 11.8 Å². The van der Waals surface area contributed by atoms with E-state index < -0.39 is 28.4 Å². The first-order valence-electron chi connectivity index (χ1n) is 10.7. The second-order valence-corrected chi connectivity index (χ2v) is 8.87. The van der Waals surface area contributed by atoms with Gasteiger partial charge in [-0.25, -0.2) is 4.39 Å². The lowest BCUT2D eigenvalue weighted by atomic mass is 9.89. The summed E-state index contributed by atoms with van der Waals surface area (Å²) < 4.78 is 15.9. The summed E-state index contributed by atoms with van der Waals surface area (Å²) in [6, 6.07) is 4.72. The van der Waals surface area contributed by atoms with Gasteiger partial charge in [0.15, 0.2) is 11.4 Å². The molecule has 31 heavy (non-hydrogen) atoms. The first kappa shape index (κ1) is 19.8. The van der Waals surface area contributed by atoms with Crippen LogP contribution in [0, 0.1) is 12.7 Å². The molecule has 4 heterocycles. The maximum Gasteiger partial charge on any atom is 0.274 e. The summed E-state index contributed by atoms with van der Waals surface area (Å²) >= 11 is 0. The number of aromatic nitrogens is 1. The zero-order valence-corrected chi connectivity index (χ0v) is 17.3. The molecule has 8 heteroatoms. The number of amides is 2. The van der Waals surface area contributed by atoms with E-state index in [0.717, 1.165) is 24.8 Å². The van der Waals surface area contributed by atoms with Gasteiger partial charge in [0.1, 0.15) is 11.4 Å². The van der Waals surface area contributed by atoms with Crippen LogP contribution in [0.4, 0.5) is 4.39 Å². The number of hydrogen-bond donors (Lipinski definition) is 2. The Morgan fingerprint density at radius 2 is 2.06 bits per heavy atom. The number of fused-ring (bicyclic) bond motifs is 1. The minimum Gasteiger partial charge on any atom is -0.503 e. The van der Waals surface area contributed by atoms with E-state index in [1.165, 1.54) is 6.07 Å². The van der Waals surface area contributed by atoms with Gasteiger partial charge in [0.05, 0.1) is 5.54 Å². The lowest BCUT2D eigenvalue weighted by molar-refractivity contribution is 0.0584. The second-order valence-electron chi connectivity index (χ2n) is 8.87. The molecule has 1 aromatic heterocycles. The van der Waals surface area contributed by atoms with Crippen molar-refractivity contribution in [2.75, 3.05) is 13.1 Å². The maximum absolute atomic E-state index is 14.1. The molecule has 0 aliphatic carbocycles. The normalized spacial score (nSPS) is 21.6. The van der Waals surface area contributed by atoms with Crippen LogP contribution in [0.15, 0.2) is 23.0 Å². The third-order valence-electron chi connectivity index (χ3n) is 6.92. The molecule has 2 N–H and O–H groups in total. The number of hydrogen-bond acceptors (Lipinski definition) is 4. The lowest BCUT2D eigenvalue weighted by Gasteiger charge is -2.41. The summed E-state index contributed by atoms with van der Waals surface area (Å²) in [5, 5.41) is 13.3. The fraction of sp³-hybridized carbons (Fsp3) is 0.435. The van der Waals surface area contributed by atoms with Crippen LogP contribution < -0.4 is 10.7 Å². The highest BCUT2D eigenvalue weighted by Gasteiger charge is 2.50. The highest BCUT2D eigenvalue weighted by Crippen LogP contribution is 2.45. The lowest BCUT2D eigenvalue weighted by Crippen LogP contribution is -2.52. The molecular weight excluding hydrogens is 401 g/mol. The first-order valence-corrected chi connectivity index (χ1v) is 10.7. The van der Waals surface area contributed by atoms with Crippen LogP contribution in [0.3, 0.4) is 0 Å². The topological polar surface area (TPSA) is 91.6 Å². The van der Waals surface area contributed by atoms with Gasteiger partial charge >= 0.3 is 0 Å². The van der Waals surface area contributed by atoms with Crippen LogP contribution in [0.1, 0.15) is 63.4 Å². The SMILES string of the molecule is Cc1ccc(CNC(=O)c2c3n4c(c(O)c2=O)C(=O)N2CCCC[C@@]4(CC3)C2)c(F)c1. The van der Waals surface area contributed by atoms with Gasteiger partial charge in [0, 0.05) is 30.9 Å². The summed E-state index contributed by atoms with van der Waals surface area (Å²) in [6.45, 7) is 2.83. The van der Waals surface area contributed by atoms with E-state index in [4.69, 9.17) is 0 Å². The molecule has 1 spiro atoms. The minimum absolute atomic E-state index is 0.00628. The smallest absolute Gasteiger partial charge is 0.274 e. The Morgan fingerprint density at radius 1 is 1.26 bits per heavy atom. The van der Waals surface area contributed by atoms with E-state index in [2.05, 4.69) is 5.32 Å². The highest BCUT2D eigenvalue weighted by atomic mass is 19.1. The molecule has 2 bridgehead atoms. The van der Waals surface area contributed by atoms with Crippen molar-refractivity contribution in [1.82, 2.24) is 14.8 Å². The number of carbonyl (C=O) groups is 2. The largest absolute Gasteiger partial charge is 0.503 e. The second kappa shape index (κ2) is 6.93. The molecule has 2 aromatic rings. The maximum atomic E-state index is 14.1. The molecule has 162 valence electrons.